The number of anilines is 1. The Labute approximate surface area is 99.8 Å². The summed E-state index contributed by atoms with van der Waals surface area (Å²) in [5.74, 6) is 0.764. The van der Waals surface area contributed by atoms with Crippen molar-refractivity contribution >= 4 is 17.3 Å². The molecule has 16 heavy (non-hydrogen) atoms. The second kappa shape index (κ2) is 4.45. The van der Waals surface area contributed by atoms with Crippen molar-refractivity contribution in [3.05, 3.63) is 21.6 Å². The third-order valence-electron chi connectivity index (χ3n) is 2.96. The van der Waals surface area contributed by atoms with E-state index in [0.717, 1.165) is 24.7 Å². The van der Waals surface area contributed by atoms with Gasteiger partial charge in [-0.2, -0.15) is 5.10 Å². The van der Waals surface area contributed by atoms with Crippen LogP contribution in [0.5, 0.6) is 0 Å². The Kier molecular flexibility index (Phi) is 3.19. The molecular formula is C11H16ClN3O. The van der Waals surface area contributed by atoms with Crippen LogP contribution in [-0.2, 0) is 7.05 Å². The summed E-state index contributed by atoms with van der Waals surface area (Å²) in [5.41, 5.74) is 0.535. The van der Waals surface area contributed by atoms with Crippen LogP contribution < -0.4 is 10.5 Å². The van der Waals surface area contributed by atoms with E-state index in [4.69, 9.17) is 11.6 Å². The van der Waals surface area contributed by atoms with Crippen molar-refractivity contribution in [3.63, 3.8) is 0 Å². The van der Waals surface area contributed by atoms with Crippen molar-refractivity contribution in [2.75, 3.05) is 18.0 Å². The number of hydrogen-bond acceptors (Lipinski definition) is 3. The molecule has 0 bridgehead atoms. The van der Waals surface area contributed by atoms with Crippen LogP contribution in [0, 0.1) is 5.92 Å². The molecular weight excluding hydrogens is 226 g/mol. The van der Waals surface area contributed by atoms with Gasteiger partial charge in [-0.25, -0.2) is 4.68 Å². The van der Waals surface area contributed by atoms with Crippen molar-refractivity contribution in [3.8, 4) is 0 Å². The Morgan fingerprint density at radius 3 is 2.88 bits per heavy atom. The van der Waals surface area contributed by atoms with E-state index in [0.29, 0.717) is 0 Å². The SMILES string of the molecule is CCN(CC1CC1)c1cnn(C)c(=O)c1Cl. The van der Waals surface area contributed by atoms with Gasteiger partial charge in [-0.1, -0.05) is 11.6 Å². The van der Waals surface area contributed by atoms with Gasteiger partial charge in [0.2, 0.25) is 0 Å². The summed E-state index contributed by atoms with van der Waals surface area (Å²) in [6.45, 7) is 3.90. The Bertz CT molecular complexity index is 439. The minimum absolute atomic E-state index is 0.228. The molecule has 1 aromatic heterocycles. The van der Waals surface area contributed by atoms with Gasteiger partial charge in [0, 0.05) is 20.1 Å². The van der Waals surface area contributed by atoms with E-state index in [1.807, 2.05) is 0 Å². The molecule has 2 rings (SSSR count). The maximum atomic E-state index is 11.7. The molecule has 1 aliphatic carbocycles. The number of aromatic nitrogens is 2. The van der Waals surface area contributed by atoms with Crippen LogP contribution in [-0.4, -0.2) is 22.9 Å². The molecule has 5 heteroatoms. The highest BCUT2D eigenvalue weighted by Gasteiger charge is 2.25. The minimum Gasteiger partial charge on any atom is -0.369 e. The molecule has 4 nitrogen and oxygen atoms in total. The second-order valence-corrected chi connectivity index (χ2v) is 4.63. The third-order valence-corrected chi connectivity index (χ3v) is 3.31. The molecule has 88 valence electrons. The van der Waals surface area contributed by atoms with E-state index in [9.17, 15) is 4.79 Å². The lowest BCUT2D eigenvalue weighted by molar-refractivity contribution is 0.690. The van der Waals surface area contributed by atoms with Crippen molar-refractivity contribution < 1.29 is 0 Å². The third kappa shape index (κ3) is 2.21. The highest BCUT2D eigenvalue weighted by atomic mass is 35.5. The van der Waals surface area contributed by atoms with Gasteiger partial charge in [-0.15, -0.1) is 0 Å². The molecule has 1 fully saturated rings. The fraction of sp³-hybridized carbons (Fsp3) is 0.636. The Balaban J connectivity index is 2.29. The molecule has 0 N–H and O–H groups in total. The van der Waals surface area contributed by atoms with Crippen LogP contribution in [0.3, 0.4) is 0 Å². The van der Waals surface area contributed by atoms with Crippen LogP contribution >= 0.6 is 11.6 Å². The van der Waals surface area contributed by atoms with E-state index in [-0.39, 0.29) is 10.6 Å². The Hall–Kier alpha value is -1.03. The first-order valence-electron chi connectivity index (χ1n) is 5.60. The van der Waals surface area contributed by atoms with Crippen molar-refractivity contribution in [2.45, 2.75) is 19.8 Å². The van der Waals surface area contributed by atoms with Gasteiger partial charge in [0.15, 0.2) is 0 Å². The van der Waals surface area contributed by atoms with Crippen LogP contribution in [0.25, 0.3) is 0 Å². The molecule has 0 aromatic carbocycles. The number of nitrogens with zero attached hydrogens (tertiary/aromatic N) is 3. The molecule has 0 atom stereocenters. The van der Waals surface area contributed by atoms with Gasteiger partial charge >= 0.3 is 0 Å². The summed E-state index contributed by atoms with van der Waals surface area (Å²) >= 11 is 6.06. The molecule has 0 radical (unpaired) electrons. The average molecular weight is 242 g/mol. The number of rotatable bonds is 4. The van der Waals surface area contributed by atoms with Crippen molar-refractivity contribution in [2.24, 2.45) is 13.0 Å². The number of halogens is 1. The lowest BCUT2D eigenvalue weighted by Gasteiger charge is -2.23. The zero-order chi connectivity index (χ0) is 11.7. The van der Waals surface area contributed by atoms with Gasteiger partial charge < -0.3 is 4.90 Å². The zero-order valence-corrected chi connectivity index (χ0v) is 10.4. The Morgan fingerprint density at radius 1 is 1.62 bits per heavy atom. The number of hydrogen-bond donors (Lipinski definition) is 0. The van der Waals surface area contributed by atoms with Crippen LogP contribution in [0.15, 0.2) is 11.0 Å². The molecule has 0 amide bonds. The summed E-state index contributed by atoms with van der Waals surface area (Å²) in [5, 5.41) is 4.29. The van der Waals surface area contributed by atoms with Gasteiger partial charge in [0.05, 0.1) is 11.9 Å². The molecule has 1 aliphatic rings. The highest BCUT2D eigenvalue weighted by Crippen LogP contribution is 2.32. The lowest BCUT2D eigenvalue weighted by Crippen LogP contribution is -2.29. The van der Waals surface area contributed by atoms with Crippen molar-refractivity contribution in [1.29, 1.82) is 0 Å². The summed E-state index contributed by atoms with van der Waals surface area (Å²) in [7, 11) is 1.61. The largest absolute Gasteiger partial charge is 0.369 e. The van der Waals surface area contributed by atoms with Gasteiger partial charge in [-0.05, 0) is 25.7 Å². The summed E-state index contributed by atoms with van der Waals surface area (Å²) in [6, 6.07) is 0. The first-order valence-corrected chi connectivity index (χ1v) is 5.98. The smallest absolute Gasteiger partial charge is 0.287 e. The predicted molar refractivity (Wildman–Crippen MR) is 65.1 cm³/mol. The molecule has 1 heterocycles. The molecule has 0 aliphatic heterocycles. The minimum atomic E-state index is -0.228. The van der Waals surface area contributed by atoms with E-state index >= 15 is 0 Å². The molecule has 1 saturated carbocycles. The fourth-order valence-electron chi connectivity index (χ4n) is 1.73. The highest BCUT2D eigenvalue weighted by molar-refractivity contribution is 6.33. The van der Waals surface area contributed by atoms with Crippen LogP contribution in [0.4, 0.5) is 5.69 Å². The normalized spacial score (nSPS) is 15.2. The first kappa shape index (κ1) is 11.5. The maximum Gasteiger partial charge on any atom is 0.287 e. The quantitative estimate of drug-likeness (QED) is 0.805. The standard InChI is InChI=1S/C11H16ClN3O/c1-3-15(7-8-4-5-8)9-6-13-14(2)11(16)10(9)12/h6,8H,3-5,7H2,1-2H3. The summed E-state index contributed by atoms with van der Waals surface area (Å²) in [4.78, 5) is 13.8. The zero-order valence-electron chi connectivity index (χ0n) is 9.61. The van der Waals surface area contributed by atoms with E-state index < -0.39 is 0 Å². The molecule has 1 aromatic rings. The van der Waals surface area contributed by atoms with Gasteiger partial charge in [0.1, 0.15) is 5.02 Å². The maximum absolute atomic E-state index is 11.7. The molecule has 0 unspecified atom stereocenters. The lowest BCUT2D eigenvalue weighted by atomic mass is 10.3. The first-order chi connectivity index (χ1) is 7.63. The average Bonchev–Trinajstić information content (AvgIpc) is 3.07. The second-order valence-electron chi connectivity index (χ2n) is 4.25. The fourth-order valence-corrected chi connectivity index (χ4v) is 2.02. The Morgan fingerprint density at radius 2 is 2.31 bits per heavy atom. The van der Waals surface area contributed by atoms with E-state index in [1.165, 1.54) is 17.5 Å². The van der Waals surface area contributed by atoms with Crippen LogP contribution in [0.2, 0.25) is 5.02 Å². The van der Waals surface area contributed by atoms with E-state index in [2.05, 4.69) is 16.9 Å². The summed E-state index contributed by atoms with van der Waals surface area (Å²) < 4.78 is 1.26. The molecule has 0 spiro atoms. The van der Waals surface area contributed by atoms with Gasteiger partial charge in [-0.3, -0.25) is 4.79 Å². The topological polar surface area (TPSA) is 38.1 Å². The van der Waals surface area contributed by atoms with Crippen molar-refractivity contribution in [1.82, 2.24) is 9.78 Å². The number of aryl methyl sites for hydroxylation is 1. The van der Waals surface area contributed by atoms with E-state index in [1.54, 1.807) is 13.2 Å². The van der Waals surface area contributed by atoms with Gasteiger partial charge in [0.25, 0.3) is 5.56 Å². The summed E-state index contributed by atoms with van der Waals surface area (Å²) in [6.07, 6.45) is 4.24. The van der Waals surface area contributed by atoms with Crippen LogP contribution in [0.1, 0.15) is 19.8 Å². The predicted octanol–water partition coefficient (Wildman–Crippen LogP) is 1.67. The monoisotopic (exact) mass is 241 g/mol. The molecule has 0 saturated heterocycles.